The van der Waals surface area contributed by atoms with E-state index in [0.717, 1.165) is 19.8 Å². The Kier molecular flexibility index (Phi) is 4.26. The van der Waals surface area contributed by atoms with Crippen molar-refractivity contribution in [3.05, 3.63) is 0 Å². The van der Waals surface area contributed by atoms with Gasteiger partial charge in [0.1, 0.15) is 0 Å². The molecule has 64 valence electrons. The third-order valence-corrected chi connectivity index (χ3v) is 1.16. The summed E-state index contributed by atoms with van der Waals surface area (Å²) in [6, 6.07) is 0. The zero-order chi connectivity index (χ0) is 8.85. The molecule has 2 N–H and O–H groups in total. The highest BCUT2D eigenvalue weighted by molar-refractivity contribution is 5.67. The Bertz CT molecular complexity index is 145. The van der Waals surface area contributed by atoms with Crippen LogP contribution in [0.5, 0.6) is 0 Å². The molecule has 11 heavy (non-hydrogen) atoms. The van der Waals surface area contributed by atoms with Crippen molar-refractivity contribution in [2.75, 3.05) is 0 Å². The van der Waals surface area contributed by atoms with Gasteiger partial charge in [-0.1, -0.05) is 0 Å². The Morgan fingerprint density at radius 1 is 1.36 bits per heavy atom. The van der Waals surface area contributed by atoms with Crippen molar-refractivity contribution in [2.24, 2.45) is 5.92 Å². The third kappa shape index (κ3) is 12.2. The minimum absolute atomic E-state index is 0.389. The lowest BCUT2D eigenvalue weighted by Gasteiger charge is -1.82. The van der Waals surface area contributed by atoms with Gasteiger partial charge in [-0.05, 0) is 18.8 Å². The van der Waals surface area contributed by atoms with Crippen LogP contribution in [-0.4, -0.2) is 22.2 Å². The summed E-state index contributed by atoms with van der Waals surface area (Å²) in [5.74, 6) is -0.958. The van der Waals surface area contributed by atoms with Crippen LogP contribution < -0.4 is 0 Å². The fourth-order valence-corrected chi connectivity index (χ4v) is 0.569. The maximum atomic E-state index is 9.85. The van der Waals surface area contributed by atoms with Gasteiger partial charge < -0.3 is 10.2 Å². The van der Waals surface area contributed by atoms with Gasteiger partial charge in [0, 0.05) is 13.3 Å². The van der Waals surface area contributed by atoms with Crippen molar-refractivity contribution >= 4 is 11.9 Å². The van der Waals surface area contributed by atoms with E-state index in [1.165, 1.54) is 0 Å². The molecule has 1 aliphatic rings. The van der Waals surface area contributed by atoms with Crippen LogP contribution in [0.3, 0.4) is 0 Å². The molecule has 0 radical (unpaired) electrons. The summed E-state index contributed by atoms with van der Waals surface area (Å²) >= 11 is 0. The van der Waals surface area contributed by atoms with Crippen molar-refractivity contribution in [1.82, 2.24) is 0 Å². The zero-order valence-corrected chi connectivity index (χ0v) is 6.41. The van der Waals surface area contributed by atoms with E-state index < -0.39 is 11.9 Å². The van der Waals surface area contributed by atoms with E-state index in [1.54, 1.807) is 0 Å². The summed E-state index contributed by atoms with van der Waals surface area (Å²) in [5.41, 5.74) is 0. The summed E-state index contributed by atoms with van der Waals surface area (Å²) in [4.78, 5) is 18.8. The number of hydrogen-bond donors (Lipinski definition) is 2. The van der Waals surface area contributed by atoms with Gasteiger partial charge in [-0.3, -0.25) is 9.59 Å². The first-order chi connectivity index (χ1) is 5.02. The quantitative estimate of drug-likeness (QED) is 0.631. The predicted octanol–water partition coefficient (Wildman–Crippen LogP) is 0.962. The average molecular weight is 160 g/mol. The van der Waals surface area contributed by atoms with Crippen LogP contribution in [0.15, 0.2) is 0 Å². The number of carboxylic acid groups (broad SMARTS) is 2. The molecule has 0 aromatic heterocycles. The van der Waals surface area contributed by atoms with E-state index in [0.29, 0.717) is 12.3 Å². The van der Waals surface area contributed by atoms with Gasteiger partial charge >= 0.3 is 5.97 Å². The Labute approximate surface area is 64.8 Å². The first-order valence-corrected chi connectivity index (χ1v) is 3.43. The van der Waals surface area contributed by atoms with Crippen molar-refractivity contribution in [3.8, 4) is 0 Å². The molecule has 0 amide bonds. The minimum Gasteiger partial charge on any atom is -0.481 e. The first-order valence-electron chi connectivity index (χ1n) is 3.43. The molecule has 0 aromatic rings. The van der Waals surface area contributed by atoms with Crippen LogP contribution in [0.25, 0.3) is 0 Å². The van der Waals surface area contributed by atoms with E-state index in [1.807, 2.05) is 0 Å². The lowest BCUT2D eigenvalue weighted by Crippen LogP contribution is -1.93. The standard InChI is InChI=1S/C5H8O2.C2H4O2/c6-5(7)3-4-1-2-4;1-2(3)4/h4H,1-3H2,(H,6,7);1H3,(H,3,4). The highest BCUT2D eigenvalue weighted by Gasteiger charge is 2.23. The Hall–Kier alpha value is -1.06. The Morgan fingerprint density at radius 3 is 1.82 bits per heavy atom. The van der Waals surface area contributed by atoms with E-state index >= 15 is 0 Å². The van der Waals surface area contributed by atoms with Crippen LogP contribution in [0.4, 0.5) is 0 Å². The Morgan fingerprint density at radius 2 is 1.73 bits per heavy atom. The molecule has 1 aliphatic carbocycles. The fourth-order valence-electron chi connectivity index (χ4n) is 0.569. The summed E-state index contributed by atoms with van der Waals surface area (Å²) in [7, 11) is 0. The van der Waals surface area contributed by atoms with Gasteiger partial charge in [0.05, 0.1) is 0 Å². The van der Waals surface area contributed by atoms with E-state index in [4.69, 9.17) is 15.0 Å². The molecule has 0 heterocycles. The average Bonchev–Trinajstić information content (AvgIpc) is 2.45. The molecule has 0 unspecified atom stereocenters. The van der Waals surface area contributed by atoms with Crippen LogP contribution in [0.2, 0.25) is 0 Å². The second-order valence-corrected chi connectivity index (χ2v) is 2.56. The molecule has 1 rings (SSSR count). The largest absolute Gasteiger partial charge is 0.481 e. The van der Waals surface area contributed by atoms with Gasteiger partial charge in [0.15, 0.2) is 0 Å². The van der Waals surface area contributed by atoms with Crippen LogP contribution in [-0.2, 0) is 9.59 Å². The molecule has 1 fully saturated rings. The normalized spacial score (nSPS) is 14.6. The highest BCUT2D eigenvalue weighted by atomic mass is 16.4. The zero-order valence-electron chi connectivity index (χ0n) is 6.41. The molecule has 0 aromatic carbocycles. The van der Waals surface area contributed by atoms with Crippen molar-refractivity contribution in [3.63, 3.8) is 0 Å². The van der Waals surface area contributed by atoms with Gasteiger partial charge in [0.25, 0.3) is 5.97 Å². The number of rotatable bonds is 2. The number of hydrogen-bond acceptors (Lipinski definition) is 2. The van der Waals surface area contributed by atoms with E-state index in [2.05, 4.69) is 0 Å². The topological polar surface area (TPSA) is 74.6 Å². The Balaban J connectivity index is 0.000000218. The van der Waals surface area contributed by atoms with Crippen LogP contribution in [0.1, 0.15) is 26.2 Å². The molecule has 0 spiro atoms. The van der Waals surface area contributed by atoms with E-state index in [9.17, 15) is 4.79 Å². The van der Waals surface area contributed by atoms with Gasteiger partial charge in [0.2, 0.25) is 0 Å². The number of carboxylic acids is 2. The van der Waals surface area contributed by atoms with Crippen LogP contribution >= 0.6 is 0 Å². The van der Waals surface area contributed by atoms with Crippen molar-refractivity contribution < 1.29 is 19.8 Å². The molecule has 4 heteroatoms. The molecule has 0 aliphatic heterocycles. The molecule has 0 saturated heterocycles. The van der Waals surface area contributed by atoms with E-state index in [-0.39, 0.29) is 0 Å². The summed E-state index contributed by atoms with van der Waals surface area (Å²) in [6.45, 7) is 1.08. The second kappa shape index (κ2) is 4.71. The third-order valence-electron chi connectivity index (χ3n) is 1.16. The smallest absolute Gasteiger partial charge is 0.303 e. The first kappa shape index (κ1) is 9.94. The maximum Gasteiger partial charge on any atom is 0.303 e. The molecule has 1 saturated carbocycles. The number of carbonyl (C=O) groups is 2. The molecular formula is C7H12O4. The molecule has 0 atom stereocenters. The lowest BCUT2D eigenvalue weighted by molar-refractivity contribution is -0.137. The van der Waals surface area contributed by atoms with Crippen molar-refractivity contribution in [1.29, 1.82) is 0 Å². The van der Waals surface area contributed by atoms with Gasteiger partial charge in [-0.25, -0.2) is 0 Å². The van der Waals surface area contributed by atoms with Crippen LogP contribution in [0, 0.1) is 5.92 Å². The lowest BCUT2D eigenvalue weighted by atomic mass is 10.3. The summed E-state index contributed by atoms with van der Waals surface area (Å²) in [5, 5.41) is 15.5. The molecule has 4 nitrogen and oxygen atoms in total. The van der Waals surface area contributed by atoms with Gasteiger partial charge in [-0.2, -0.15) is 0 Å². The van der Waals surface area contributed by atoms with Gasteiger partial charge in [-0.15, -0.1) is 0 Å². The molecular weight excluding hydrogens is 148 g/mol. The maximum absolute atomic E-state index is 9.85. The minimum atomic E-state index is -0.833. The highest BCUT2D eigenvalue weighted by Crippen LogP contribution is 2.31. The SMILES string of the molecule is CC(=O)O.O=C(O)CC1CC1. The predicted molar refractivity (Wildman–Crippen MR) is 38.3 cm³/mol. The fraction of sp³-hybridized carbons (Fsp3) is 0.714. The number of aliphatic carboxylic acids is 2. The summed E-state index contributed by atoms with van der Waals surface area (Å²) in [6.07, 6.45) is 2.65. The second-order valence-electron chi connectivity index (χ2n) is 2.56. The summed E-state index contributed by atoms with van der Waals surface area (Å²) < 4.78 is 0. The molecule has 0 bridgehead atoms. The van der Waals surface area contributed by atoms with Crippen molar-refractivity contribution in [2.45, 2.75) is 26.2 Å². The monoisotopic (exact) mass is 160 g/mol.